The first-order valence-corrected chi connectivity index (χ1v) is 8.20. The van der Waals surface area contributed by atoms with E-state index < -0.39 is 0 Å². The summed E-state index contributed by atoms with van der Waals surface area (Å²) in [6, 6.07) is 4.46. The van der Waals surface area contributed by atoms with Crippen LogP contribution in [-0.2, 0) is 4.74 Å². The molecule has 1 aromatic rings. The second kappa shape index (κ2) is 11.2. The molecule has 2 rings (SSSR count). The fourth-order valence-corrected chi connectivity index (χ4v) is 2.43. The standard InChI is InChI=1S/C17H25FN4O2.HI/c1-12-5-6-13(10-15(12)18)16(23)20-7-8-21-17(19-2)22-11-14-4-3-9-24-14;/h5-6,10,14H,3-4,7-9,11H2,1-2H3,(H,20,23)(H2,19,21,22);1H. The predicted molar refractivity (Wildman–Crippen MR) is 107 cm³/mol. The molecule has 1 amide bonds. The Hall–Kier alpha value is -1.42. The zero-order chi connectivity index (χ0) is 17.4. The van der Waals surface area contributed by atoms with Gasteiger partial charge in [0.15, 0.2) is 5.96 Å². The summed E-state index contributed by atoms with van der Waals surface area (Å²) >= 11 is 0. The summed E-state index contributed by atoms with van der Waals surface area (Å²) in [5, 5.41) is 9.06. The fourth-order valence-electron chi connectivity index (χ4n) is 2.43. The summed E-state index contributed by atoms with van der Waals surface area (Å²) < 4.78 is 19.0. The largest absolute Gasteiger partial charge is 0.376 e. The average Bonchev–Trinajstić information content (AvgIpc) is 3.10. The van der Waals surface area contributed by atoms with Crippen molar-refractivity contribution in [1.29, 1.82) is 0 Å². The van der Waals surface area contributed by atoms with Crippen molar-refractivity contribution in [3.05, 3.63) is 35.1 Å². The molecular weight excluding hydrogens is 438 g/mol. The molecule has 0 radical (unpaired) electrons. The highest BCUT2D eigenvalue weighted by atomic mass is 127. The maximum Gasteiger partial charge on any atom is 0.251 e. The monoisotopic (exact) mass is 464 g/mol. The Kier molecular flexibility index (Phi) is 9.73. The Labute approximate surface area is 165 Å². The second-order valence-electron chi connectivity index (χ2n) is 5.73. The number of aryl methyl sites for hydroxylation is 1. The van der Waals surface area contributed by atoms with E-state index in [1.165, 1.54) is 6.07 Å². The van der Waals surface area contributed by atoms with Crippen molar-refractivity contribution in [2.24, 2.45) is 4.99 Å². The van der Waals surface area contributed by atoms with Gasteiger partial charge in [-0.05, 0) is 37.5 Å². The minimum Gasteiger partial charge on any atom is -0.376 e. The molecule has 1 atom stereocenters. The maximum atomic E-state index is 13.5. The Bertz CT molecular complexity index is 592. The van der Waals surface area contributed by atoms with Crippen molar-refractivity contribution < 1.29 is 13.9 Å². The van der Waals surface area contributed by atoms with Crippen LogP contribution < -0.4 is 16.0 Å². The Morgan fingerprint density at radius 1 is 1.32 bits per heavy atom. The summed E-state index contributed by atoms with van der Waals surface area (Å²) in [6.45, 7) is 4.13. The van der Waals surface area contributed by atoms with Gasteiger partial charge >= 0.3 is 0 Å². The van der Waals surface area contributed by atoms with Gasteiger partial charge in [0.05, 0.1) is 6.10 Å². The molecule has 6 nitrogen and oxygen atoms in total. The highest BCUT2D eigenvalue weighted by molar-refractivity contribution is 14.0. The number of rotatable bonds is 6. The lowest BCUT2D eigenvalue weighted by Crippen LogP contribution is -2.43. The number of halogens is 2. The number of guanidine groups is 1. The fraction of sp³-hybridized carbons (Fsp3) is 0.529. The van der Waals surface area contributed by atoms with E-state index >= 15 is 0 Å². The molecule has 1 saturated heterocycles. The molecule has 3 N–H and O–H groups in total. The van der Waals surface area contributed by atoms with Crippen LogP contribution in [-0.4, -0.2) is 51.3 Å². The maximum absolute atomic E-state index is 13.5. The Morgan fingerprint density at radius 3 is 2.72 bits per heavy atom. The van der Waals surface area contributed by atoms with Gasteiger partial charge in [-0.2, -0.15) is 0 Å². The molecular formula is C17H26FIN4O2. The molecule has 8 heteroatoms. The number of nitrogens with zero attached hydrogens (tertiary/aromatic N) is 1. The number of ether oxygens (including phenoxy) is 1. The first kappa shape index (κ1) is 21.6. The van der Waals surface area contributed by atoms with Crippen molar-refractivity contribution in [2.45, 2.75) is 25.9 Å². The topological polar surface area (TPSA) is 74.8 Å². The van der Waals surface area contributed by atoms with E-state index in [9.17, 15) is 9.18 Å². The van der Waals surface area contributed by atoms with Gasteiger partial charge in [0.2, 0.25) is 0 Å². The molecule has 0 aromatic heterocycles. The van der Waals surface area contributed by atoms with Crippen molar-refractivity contribution in [1.82, 2.24) is 16.0 Å². The normalized spacial score (nSPS) is 16.9. The summed E-state index contributed by atoms with van der Waals surface area (Å²) in [6.07, 6.45) is 2.40. The molecule has 0 aliphatic carbocycles. The summed E-state index contributed by atoms with van der Waals surface area (Å²) in [4.78, 5) is 16.1. The van der Waals surface area contributed by atoms with Crippen LogP contribution in [0.15, 0.2) is 23.2 Å². The smallest absolute Gasteiger partial charge is 0.251 e. The van der Waals surface area contributed by atoms with E-state index in [0.717, 1.165) is 19.4 Å². The third kappa shape index (κ3) is 7.15. The van der Waals surface area contributed by atoms with Crippen LogP contribution in [0, 0.1) is 12.7 Å². The van der Waals surface area contributed by atoms with Gasteiger partial charge in [0, 0.05) is 38.9 Å². The van der Waals surface area contributed by atoms with E-state index in [0.29, 0.717) is 36.7 Å². The molecule has 140 valence electrons. The van der Waals surface area contributed by atoms with Gasteiger partial charge in [-0.1, -0.05) is 6.07 Å². The average molecular weight is 464 g/mol. The van der Waals surface area contributed by atoms with Crippen LogP contribution in [0.1, 0.15) is 28.8 Å². The van der Waals surface area contributed by atoms with E-state index in [1.54, 1.807) is 26.1 Å². The molecule has 1 aromatic carbocycles. The van der Waals surface area contributed by atoms with Gasteiger partial charge < -0.3 is 20.7 Å². The van der Waals surface area contributed by atoms with Gasteiger partial charge in [-0.15, -0.1) is 24.0 Å². The quantitative estimate of drug-likeness (QED) is 0.260. The van der Waals surface area contributed by atoms with Crippen molar-refractivity contribution >= 4 is 35.8 Å². The molecule has 1 fully saturated rings. The lowest BCUT2D eigenvalue weighted by atomic mass is 10.1. The van der Waals surface area contributed by atoms with E-state index in [4.69, 9.17) is 4.74 Å². The minimum atomic E-state index is -0.375. The zero-order valence-corrected chi connectivity index (χ0v) is 16.9. The lowest BCUT2D eigenvalue weighted by Gasteiger charge is -2.15. The van der Waals surface area contributed by atoms with Crippen LogP contribution >= 0.6 is 24.0 Å². The molecule has 1 aliphatic heterocycles. The molecule has 1 aliphatic rings. The number of carbonyl (C=O) groups excluding carboxylic acids is 1. The molecule has 0 bridgehead atoms. The molecule has 1 unspecified atom stereocenters. The number of hydrogen-bond acceptors (Lipinski definition) is 3. The number of amides is 1. The van der Waals surface area contributed by atoms with Gasteiger partial charge in [0.1, 0.15) is 5.82 Å². The third-order valence-electron chi connectivity index (χ3n) is 3.88. The summed E-state index contributed by atoms with van der Waals surface area (Å²) in [7, 11) is 1.69. The van der Waals surface area contributed by atoms with Crippen LogP contribution in [0.2, 0.25) is 0 Å². The molecule has 0 saturated carbocycles. The number of aliphatic imine (C=N–C) groups is 1. The van der Waals surface area contributed by atoms with Crippen LogP contribution in [0.25, 0.3) is 0 Å². The van der Waals surface area contributed by atoms with Crippen LogP contribution in [0.4, 0.5) is 4.39 Å². The van der Waals surface area contributed by atoms with E-state index in [2.05, 4.69) is 20.9 Å². The summed E-state index contributed by atoms with van der Waals surface area (Å²) in [5.74, 6) is -0.00126. The second-order valence-corrected chi connectivity index (χ2v) is 5.73. The first-order valence-electron chi connectivity index (χ1n) is 8.20. The highest BCUT2D eigenvalue weighted by Crippen LogP contribution is 2.10. The highest BCUT2D eigenvalue weighted by Gasteiger charge is 2.15. The minimum absolute atomic E-state index is 0. The van der Waals surface area contributed by atoms with Crippen molar-refractivity contribution in [2.75, 3.05) is 33.3 Å². The van der Waals surface area contributed by atoms with Gasteiger partial charge in [0.25, 0.3) is 5.91 Å². The number of benzene rings is 1. The van der Waals surface area contributed by atoms with Crippen LogP contribution in [0.5, 0.6) is 0 Å². The number of carbonyl (C=O) groups is 1. The van der Waals surface area contributed by atoms with E-state index in [-0.39, 0.29) is 41.8 Å². The number of hydrogen-bond donors (Lipinski definition) is 3. The predicted octanol–water partition coefficient (Wildman–Crippen LogP) is 1.83. The Balaban J connectivity index is 0.00000312. The Morgan fingerprint density at radius 2 is 2.08 bits per heavy atom. The number of nitrogens with one attached hydrogen (secondary N) is 3. The van der Waals surface area contributed by atoms with Crippen molar-refractivity contribution in [3.63, 3.8) is 0 Å². The van der Waals surface area contributed by atoms with Crippen molar-refractivity contribution in [3.8, 4) is 0 Å². The van der Waals surface area contributed by atoms with E-state index in [1.807, 2.05) is 0 Å². The third-order valence-corrected chi connectivity index (χ3v) is 3.88. The first-order chi connectivity index (χ1) is 11.6. The molecule has 0 spiro atoms. The lowest BCUT2D eigenvalue weighted by molar-refractivity contribution is 0.0954. The van der Waals surface area contributed by atoms with Gasteiger partial charge in [-0.25, -0.2) is 4.39 Å². The summed E-state index contributed by atoms with van der Waals surface area (Å²) in [5.41, 5.74) is 0.841. The zero-order valence-electron chi connectivity index (χ0n) is 14.6. The SMILES string of the molecule is CN=C(NCCNC(=O)c1ccc(C)c(F)c1)NCC1CCCO1.I. The van der Waals surface area contributed by atoms with Gasteiger partial charge in [-0.3, -0.25) is 9.79 Å². The van der Waals surface area contributed by atoms with Crippen LogP contribution in [0.3, 0.4) is 0 Å². The molecule has 25 heavy (non-hydrogen) atoms. The molecule has 1 heterocycles.